The van der Waals surface area contributed by atoms with Crippen LogP contribution in [-0.4, -0.2) is 42.9 Å². The molecule has 0 fully saturated rings. The number of amides is 1. The summed E-state index contributed by atoms with van der Waals surface area (Å²) in [6, 6.07) is 13.9. The molecule has 0 spiro atoms. The number of hydrogen-bond acceptors (Lipinski definition) is 6. The molecule has 2 N–H and O–H groups in total. The van der Waals surface area contributed by atoms with Crippen LogP contribution in [0.1, 0.15) is 18.7 Å². The zero-order chi connectivity index (χ0) is 21.6. The van der Waals surface area contributed by atoms with Crippen LogP contribution in [0.15, 0.2) is 53.3 Å². The minimum atomic E-state index is -3.09. The first-order valence-corrected chi connectivity index (χ1v) is 11.5. The molecule has 0 aliphatic carbocycles. The largest absolute Gasteiger partial charge is 0.492 e. The summed E-state index contributed by atoms with van der Waals surface area (Å²) in [4.78, 5) is 31.5. The molecule has 0 atom stereocenters. The molecule has 0 radical (unpaired) electrons. The van der Waals surface area contributed by atoms with E-state index < -0.39 is 9.84 Å². The molecular weight excluding hydrogens is 406 g/mol. The third-order valence-corrected chi connectivity index (χ3v) is 5.23. The molecule has 8 nitrogen and oxygen atoms in total. The Labute approximate surface area is 174 Å². The van der Waals surface area contributed by atoms with Crippen LogP contribution in [-0.2, 0) is 21.1 Å². The molecule has 30 heavy (non-hydrogen) atoms. The average molecular weight is 429 g/mol. The summed E-state index contributed by atoms with van der Waals surface area (Å²) in [7, 11) is -3.09. The Morgan fingerprint density at radius 3 is 2.77 bits per heavy atom. The van der Waals surface area contributed by atoms with Crippen molar-refractivity contribution >= 4 is 32.3 Å². The summed E-state index contributed by atoms with van der Waals surface area (Å²) in [5.74, 6) is 0.780. The lowest BCUT2D eigenvalue weighted by Gasteiger charge is -2.09. The van der Waals surface area contributed by atoms with Crippen LogP contribution in [0.3, 0.4) is 0 Å². The van der Waals surface area contributed by atoms with Gasteiger partial charge in [0.25, 0.3) is 5.56 Å². The van der Waals surface area contributed by atoms with Gasteiger partial charge in [-0.25, -0.2) is 13.4 Å². The summed E-state index contributed by atoms with van der Waals surface area (Å²) in [6.45, 7) is 0.0488. The molecule has 0 aliphatic heterocycles. The van der Waals surface area contributed by atoms with Crippen molar-refractivity contribution < 1.29 is 17.9 Å². The number of H-pyrrole nitrogens is 1. The van der Waals surface area contributed by atoms with Crippen molar-refractivity contribution in [2.45, 2.75) is 19.3 Å². The number of para-hydroxylation sites is 1. The maximum absolute atomic E-state index is 12.2. The number of anilines is 1. The zero-order valence-corrected chi connectivity index (χ0v) is 17.4. The van der Waals surface area contributed by atoms with Crippen molar-refractivity contribution in [2.75, 3.05) is 23.9 Å². The van der Waals surface area contributed by atoms with Gasteiger partial charge in [-0.2, -0.15) is 0 Å². The Balaban J connectivity index is 1.50. The van der Waals surface area contributed by atoms with Crippen LogP contribution in [0.5, 0.6) is 5.75 Å². The van der Waals surface area contributed by atoms with E-state index in [4.69, 9.17) is 4.74 Å². The topological polar surface area (TPSA) is 118 Å². The van der Waals surface area contributed by atoms with E-state index in [1.54, 1.807) is 42.5 Å². The number of aryl methyl sites for hydroxylation is 1. The minimum Gasteiger partial charge on any atom is -0.492 e. The Bertz CT molecular complexity index is 1200. The molecule has 0 saturated carbocycles. The molecule has 2 aromatic carbocycles. The van der Waals surface area contributed by atoms with Gasteiger partial charge in [-0.3, -0.25) is 9.59 Å². The molecule has 0 aliphatic rings. The van der Waals surface area contributed by atoms with Gasteiger partial charge in [0.15, 0.2) is 9.84 Å². The van der Waals surface area contributed by atoms with Crippen LogP contribution in [0.4, 0.5) is 5.69 Å². The lowest BCUT2D eigenvalue weighted by molar-refractivity contribution is -0.116. The van der Waals surface area contributed by atoms with E-state index in [-0.39, 0.29) is 30.2 Å². The predicted octanol–water partition coefficient (Wildman–Crippen LogP) is 2.31. The highest BCUT2D eigenvalue weighted by Gasteiger charge is 2.07. The normalized spacial score (nSPS) is 11.4. The van der Waals surface area contributed by atoms with Crippen molar-refractivity contribution in [3.8, 4) is 5.75 Å². The van der Waals surface area contributed by atoms with Gasteiger partial charge in [-0.15, -0.1) is 0 Å². The van der Waals surface area contributed by atoms with Crippen LogP contribution in [0.2, 0.25) is 0 Å². The number of sulfone groups is 1. The Hall–Kier alpha value is -3.20. The Kier molecular flexibility index (Phi) is 6.83. The minimum absolute atomic E-state index is 0.0488. The summed E-state index contributed by atoms with van der Waals surface area (Å²) >= 11 is 0. The quantitative estimate of drug-likeness (QED) is 0.539. The van der Waals surface area contributed by atoms with E-state index in [2.05, 4.69) is 15.3 Å². The van der Waals surface area contributed by atoms with E-state index in [0.717, 1.165) is 6.26 Å². The molecule has 0 unspecified atom stereocenters. The van der Waals surface area contributed by atoms with Gasteiger partial charge in [0.05, 0.1) is 16.7 Å². The van der Waals surface area contributed by atoms with E-state index in [1.807, 2.05) is 6.07 Å². The van der Waals surface area contributed by atoms with E-state index in [9.17, 15) is 18.0 Å². The van der Waals surface area contributed by atoms with E-state index in [1.165, 1.54) is 0 Å². The second-order valence-corrected chi connectivity index (χ2v) is 9.20. The standard InChI is InChI=1S/C21H23N3O5S/c1-30(27,28)13-12-29-16-7-4-6-15(14-16)22-20(25)11-5-10-19-23-18-9-3-2-8-17(18)21(26)24-19/h2-4,6-9,14H,5,10-13H2,1H3,(H,22,25)(H,23,24,26). The molecule has 0 bridgehead atoms. The molecular formula is C21H23N3O5S. The SMILES string of the molecule is CS(=O)(=O)CCOc1cccc(NC(=O)CCCc2nc3ccccc3c(=O)[nH]2)c1. The highest BCUT2D eigenvalue weighted by atomic mass is 32.2. The van der Waals surface area contributed by atoms with Crippen molar-refractivity contribution in [3.63, 3.8) is 0 Å². The first-order valence-electron chi connectivity index (χ1n) is 9.48. The van der Waals surface area contributed by atoms with Crippen LogP contribution < -0.4 is 15.6 Å². The molecule has 1 amide bonds. The van der Waals surface area contributed by atoms with Gasteiger partial charge >= 0.3 is 0 Å². The van der Waals surface area contributed by atoms with Crippen LogP contribution in [0.25, 0.3) is 10.9 Å². The van der Waals surface area contributed by atoms with Crippen LogP contribution >= 0.6 is 0 Å². The van der Waals surface area contributed by atoms with Gasteiger partial charge in [0.1, 0.15) is 18.2 Å². The fourth-order valence-electron chi connectivity index (χ4n) is 2.87. The second kappa shape index (κ2) is 9.53. The fraction of sp³-hybridized carbons (Fsp3) is 0.286. The lowest BCUT2D eigenvalue weighted by Crippen LogP contribution is -2.14. The molecule has 3 rings (SSSR count). The van der Waals surface area contributed by atoms with Crippen LogP contribution in [0, 0.1) is 0 Å². The first kappa shape index (κ1) is 21.5. The summed E-state index contributed by atoms with van der Waals surface area (Å²) in [6.07, 6.45) is 2.41. The van der Waals surface area contributed by atoms with Gasteiger partial charge in [-0.1, -0.05) is 18.2 Å². The molecule has 1 heterocycles. The van der Waals surface area contributed by atoms with Crippen molar-refractivity contribution in [1.82, 2.24) is 9.97 Å². The van der Waals surface area contributed by atoms with Crippen molar-refractivity contribution in [3.05, 3.63) is 64.7 Å². The third kappa shape index (κ3) is 6.41. The number of nitrogens with zero attached hydrogens (tertiary/aromatic N) is 1. The van der Waals surface area contributed by atoms with Gasteiger partial charge < -0.3 is 15.0 Å². The van der Waals surface area contributed by atoms with Gasteiger partial charge in [-0.05, 0) is 30.7 Å². The van der Waals surface area contributed by atoms with E-state index >= 15 is 0 Å². The Morgan fingerprint density at radius 1 is 1.17 bits per heavy atom. The van der Waals surface area contributed by atoms with Crippen molar-refractivity contribution in [2.24, 2.45) is 0 Å². The fourth-order valence-corrected chi connectivity index (χ4v) is 3.25. The number of nitrogens with one attached hydrogen (secondary N) is 2. The Morgan fingerprint density at radius 2 is 1.97 bits per heavy atom. The van der Waals surface area contributed by atoms with Crippen molar-refractivity contribution in [1.29, 1.82) is 0 Å². The number of aromatic amines is 1. The number of fused-ring (bicyclic) bond motifs is 1. The molecule has 3 aromatic rings. The number of ether oxygens (including phenoxy) is 1. The maximum Gasteiger partial charge on any atom is 0.258 e. The maximum atomic E-state index is 12.2. The second-order valence-electron chi connectivity index (χ2n) is 6.94. The lowest BCUT2D eigenvalue weighted by atomic mass is 10.2. The number of carbonyl (C=O) groups is 1. The average Bonchev–Trinajstić information content (AvgIpc) is 2.67. The number of rotatable bonds is 9. The summed E-state index contributed by atoms with van der Waals surface area (Å²) in [5, 5.41) is 3.33. The number of carbonyl (C=O) groups excluding carboxylic acids is 1. The number of aromatic nitrogens is 2. The molecule has 158 valence electrons. The number of hydrogen-bond donors (Lipinski definition) is 2. The monoisotopic (exact) mass is 429 g/mol. The molecule has 0 saturated heterocycles. The number of benzene rings is 2. The zero-order valence-electron chi connectivity index (χ0n) is 16.6. The molecule has 1 aromatic heterocycles. The highest BCUT2D eigenvalue weighted by Crippen LogP contribution is 2.18. The van der Waals surface area contributed by atoms with Gasteiger partial charge in [0, 0.05) is 30.9 Å². The van der Waals surface area contributed by atoms with Gasteiger partial charge in [0.2, 0.25) is 5.91 Å². The van der Waals surface area contributed by atoms with E-state index in [0.29, 0.717) is 41.0 Å². The third-order valence-electron chi connectivity index (χ3n) is 4.32. The summed E-state index contributed by atoms with van der Waals surface area (Å²) in [5.41, 5.74) is 1.01. The highest BCUT2D eigenvalue weighted by molar-refractivity contribution is 7.90. The molecule has 9 heteroatoms. The first-order chi connectivity index (χ1) is 14.3. The smallest absolute Gasteiger partial charge is 0.258 e. The predicted molar refractivity (Wildman–Crippen MR) is 116 cm³/mol. The summed E-state index contributed by atoms with van der Waals surface area (Å²) < 4.78 is 27.7.